The number of anilines is 1. The number of nitrogens with one attached hydrogen (secondary N) is 1. The summed E-state index contributed by atoms with van der Waals surface area (Å²) in [5, 5.41) is 3.24. The van der Waals surface area contributed by atoms with Gasteiger partial charge in [-0.1, -0.05) is 11.6 Å². The van der Waals surface area contributed by atoms with E-state index in [1.807, 2.05) is 13.8 Å². The Morgan fingerprint density at radius 1 is 1.53 bits per heavy atom. The lowest BCUT2D eigenvalue weighted by Gasteiger charge is -2.14. The number of hydrogen-bond donors (Lipinski definition) is 1. The number of amides is 1. The van der Waals surface area contributed by atoms with E-state index in [-0.39, 0.29) is 18.1 Å². The van der Waals surface area contributed by atoms with Crippen LogP contribution < -0.4 is 10.1 Å². The Kier molecular flexibility index (Phi) is 4.66. The Morgan fingerprint density at radius 2 is 2.32 bits per heavy atom. The van der Waals surface area contributed by atoms with Crippen molar-refractivity contribution in [3.63, 3.8) is 0 Å². The van der Waals surface area contributed by atoms with Gasteiger partial charge in [0.05, 0.1) is 16.8 Å². The Bertz CT molecular complexity index is 456. The van der Waals surface area contributed by atoms with E-state index in [1.165, 1.54) is 0 Å². The minimum absolute atomic E-state index is 0.0865. The van der Waals surface area contributed by atoms with Gasteiger partial charge in [-0.3, -0.25) is 4.79 Å². The highest BCUT2D eigenvalue weighted by molar-refractivity contribution is 6.33. The van der Waals surface area contributed by atoms with Crippen molar-refractivity contribution >= 4 is 23.2 Å². The lowest BCUT2D eigenvalue weighted by Crippen LogP contribution is -2.26. The van der Waals surface area contributed by atoms with Crippen LogP contribution >= 0.6 is 11.6 Å². The molecule has 4 nitrogen and oxygen atoms in total. The molecule has 1 atom stereocenters. The summed E-state index contributed by atoms with van der Waals surface area (Å²) in [5.41, 5.74) is 0.582. The molecule has 0 bridgehead atoms. The van der Waals surface area contributed by atoms with Gasteiger partial charge in [0, 0.05) is 12.7 Å². The van der Waals surface area contributed by atoms with Crippen LogP contribution in [0.2, 0.25) is 5.02 Å². The Morgan fingerprint density at radius 3 is 2.89 bits per heavy atom. The zero-order chi connectivity index (χ0) is 13.8. The van der Waals surface area contributed by atoms with E-state index in [4.69, 9.17) is 21.1 Å². The van der Waals surface area contributed by atoms with Crippen LogP contribution in [-0.4, -0.2) is 24.7 Å². The second-order valence-electron chi connectivity index (χ2n) is 4.80. The molecule has 104 valence electrons. The van der Waals surface area contributed by atoms with Crippen molar-refractivity contribution in [2.45, 2.75) is 38.9 Å². The molecule has 1 heterocycles. The molecule has 2 rings (SSSR count). The molecular weight excluding hydrogens is 266 g/mol. The van der Waals surface area contributed by atoms with Gasteiger partial charge in [0.1, 0.15) is 11.9 Å². The van der Waals surface area contributed by atoms with E-state index in [1.54, 1.807) is 18.2 Å². The molecule has 1 aliphatic rings. The predicted octanol–water partition coefficient (Wildman–Crippen LogP) is 3.24. The van der Waals surface area contributed by atoms with Crippen LogP contribution in [-0.2, 0) is 9.53 Å². The third-order valence-corrected chi connectivity index (χ3v) is 3.11. The smallest absolute Gasteiger partial charge is 0.253 e. The Balaban J connectivity index is 2.02. The number of ether oxygens (including phenoxy) is 2. The third-order valence-electron chi connectivity index (χ3n) is 2.79. The maximum absolute atomic E-state index is 11.9. The minimum Gasteiger partial charge on any atom is -0.491 e. The molecule has 0 spiro atoms. The van der Waals surface area contributed by atoms with Crippen LogP contribution in [0.5, 0.6) is 5.75 Å². The second-order valence-corrected chi connectivity index (χ2v) is 5.21. The molecule has 19 heavy (non-hydrogen) atoms. The standard InChI is InChI=1S/C14H18ClNO3/c1-9(2)19-10-5-6-12(11(15)8-10)16-14(17)13-4-3-7-18-13/h5-6,8-9,13H,3-4,7H2,1-2H3,(H,16,17)/t13-/m0/s1. The van der Waals surface area contributed by atoms with Gasteiger partial charge in [0.2, 0.25) is 0 Å². The molecule has 1 amide bonds. The average Bonchev–Trinajstić information content (AvgIpc) is 2.85. The fourth-order valence-corrected chi connectivity index (χ4v) is 2.16. The number of carbonyl (C=O) groups is 1. The highest BCUT2D eigenvalue weighted by atomic mass is 35.5. The minimum atomic E-state index is -0.359. The fourth-order valence-electron chi connectivity index (χ4n) is 1.94. The SMILES string of the molecule is CC(C)Oc1ccc(NC(=O)[C@@H]2CCCO2)c(Cl)c1. The Labute approximate surface area is 118 Å². The van der Waals surface area contributed by atoms with Crippen molar-refractivity contribution < 1.29 is 14.3 Å². The first-order valence-corrected chi connectivity index (χ1v) is 6.82. The van der Waals surface area contributed by atoms with Gasteiger partial charge >= 0.3 is 0 Å². The van der Waals surface area contributed by atoms with Crippen LogP contribution in [0.1, 0.15) is 26.7 Å². The van der Waals surface area contributed by atoms with Crippen molar-refractivity contribution in [3.8, 4) is 5.75 Å². The summed E-state index contributed by atoms with van der Waals surface area (Å²) in [6.45, 7) is 4.54. The third kappa shape index (κ3) is 3.85. The molecule has 1 aliphatic heterocycles. The van der Waals surface area contributed by atoms with E-state index in [0.29, 0.717) is 23.1 Å². The predicted molar refractivity (Wildman–Crippen MR) is 74.8 cm³/mol. The molecule has 1 aromatic rings. The van der Waals surface area contributed by atoms with Gasteiger partial charge in [-0.15, -0.1) is 0 Å². The van der Waals surface area contributed by atoms with E-state index >= 15 is 0 Å². The van der Waals surface area contributed by atoms with E-state index in [9.17, 15) is 4.79 Å². The first kappa shape index (κ1) is 14.2. The monoisotopic (exact) mass is 283 g/mol. The molecule has 5 heteroatoms. The van der Waals surface area contributed by atoms with Crippen LogP contribution in [0.25, 0.3) is 0 Å². The van der Waals surface area contributed by atoms with Crippen LogP contribution in [0.3, 0.4) is 0 Å². The van der Waals surface area contributed by atoms with Crippen molar-refractivity contribution in [2.75, 3.05) is 11.9 Å². The first-order chi connectivity index (χ1) is 9.06. The van der Waals surface area contributed by atoms with E-state index in [0.717, 1.165) is 12.8 Å². The zero-order valence-electron chi connectivity index (χ0n) is 11.1. The maximum atomic E-state index is 11.9. The van der Waals surface area contributed by atoms with Crippen LogP contribution in [0.4, 0.5) is 5.69 Å². The van der Waals surface area contributed by atoms with Crippen LogP contribution in [0.15, 0.2) is 18.2 Å². The summed E-state index contributed by atoms with van der Waals surface area (Å²) in [4.78, 5) is 11.9. The molecular formula is C14H18ClNO3. The molecule has 1 aromatic carbocycles. The molecule has 0 radical (unpaired) electrons. The molecule has 0 unspecified atom stereocenters. The molecule has 0 aliphatic carbocycles. The maximum Gasteiger partial charge on any atom is 0.253 e. The van der Waals surface area contributed by atoms with Gasteiger partial charge in [-0.2, -0.15) is 0 Å². The van der Waals surface area contributed by atoms with E-state index in [2.05, 4.69) is 5.32 Å². The number of rotatable bonds is 4. The molecule has 0 saturated carbocycles. The summed E-state index contributed by atoms with van der Waals surface area (Å²) < 4.78 is 10.9. The van der Waals surface area contributed by atoms with E-state index < -0.39 is 0 Å². The average molecular weight is 284 g/mol. The summed E-state index contributed by atoms with van der Waals surface area (Å²) in [6, 6.07) is 5.23. The molecule has 1 saturated heterocycles. The van der Waals surface area contributed by atoms with Gasteiger partial charge < -0.3 is 14.8 Å². The highest BCUT2D eigenvalue weighted by Gasteiger charge is 2.24. The van der Waals surface area contributed by atoms with Crippen molar-refractivity contribution in [3.05, 3.63) is 23.2 Å². The quantitative estimate of drug-likeness (QED) is 0.923. The van der Waals surface area contributed by atoms with Gasteiger partial charge in [-0.05, 0) is 38.8 Å². The van der Waals surface area contributed by atoms with Gasteiger partial charge in [-0.25, -0.2) is 0 Å². The second kappa shape index (κ2) is 6.26. The number of halogens is 1. The number of hydrogen-bond acceptors (Lipinski definition) is 3. The van der Waals surface area contributed by atoms with Gasteiger partial charge in [0.25, 0.3) is 5.91 Å². The number of carbonyl (C=O) groups excluding carboxylic acids is 1. The topological polar surface area (TPSA) is 47.6 Å². The highest BCUT2D eigenvalue weighted by Crippen LogP contribution is 2.28. The van der Waals surface area contributed by atoms with Gasteiger partial charge in [0.15, 0.2) is 0 Å². The van der Waals surface area contributed by atoms with Crippen molar-refractivity contribution in [1.29, 1.82) is 0 Å². The number of benzene rings is 1. The van der Waals surface area contributed by atoms with Crippen molar-refractivity contribution in [2.24, 2.45) is 0 Å². The lowest BCUT2D eigenvalue weighted by atomic mass is 10.2. The summed E-state index contributed by atoms with van der Waals surface area (Å²) in [5.74, 6) is 0.548. The molecule has 0 aromatic heterocycles. The fraction of sp³-hybridized carbons (Fsp3) is 0.500. The Hall–Kier alpha value is -1.26. The largest absolute Gasteiger partial charge is 0.491 e. The summed E-state index contributed by atoms with van der Waals surface area (Å²) >= 11 is 6.13. The molecule has 1 N–H and O–H groups in total. The summed E-state index contributed by atoms with van der Waals surface area (Å²) in [6.07, 6.45) is 1.41. The molecule has 1 fully saturated rings. The summed E-state index contributed by atoms with van der Waals surface area (Å²) in [7, 11) is 0. The van der Waals surface area contributed by atoms with Crippen molar-refractivity contribution in [1.82, 2.24) is 0 Å². The zero-order valence-corrected chi connectivity index (χ0v) is 11.9. The first-order valence-electron chi connectivity index (χ1n) is 6.45. The normalized spacial score (nSPS) is 18.6. The lowest BCUT2D eigenvalue weighted by molar-refractivity contribution is -0.124. The van der Waals surface area contributed by atoms with Crippen LogP contribution in [0, 0.1) is 0 Å².